The molecule has 168 valence electrons. The van der Waals surface area contributed by atoms with Gasteiger partial charge in [0.1, 0.15) is 10.8 Å². The Balaban J connectivity index is 1.44. The van der Waals surface area contributed by atoms with E-state index in [-0.39, 0.29) is 11.4 Å². The van der Waals surface area contributed by atoms with E-state index < -0.39 is 0 Å². The highest BCUT2D eigenvalue weighted by Gasteiger charge is 2.39. The average Bonchev–Trinajstić information content (AvgIpc) is 3.14. The number of thioether (sulfide) groups is 1. The summed E-state index contributed by atoms with van der Waals surface area (Å²) in [6, 6.07) is 3.69. The van der Waals surface area contributed by atoms with Crippen LogP contribution in [-0.4, -0.2) is 59.3 Å². The number of aryl methyl sites for hydroxylation is 2. The summed E-state index contributed by atoms with van der Waals surface area (Å²) < 4.78 is 10.8. The molecular weight excluding hydrogens is 412 g/mol. The Hall–Kier alpha value is -1.90. The lowest BCUT2D eigenvalue weighted by Gasteiger charge is -2.48. The Morgan fingerprint density at radius 2 is 2.00 bits per heavy atom. The van der Waals surface area contributed by atoms with Gasteiger partial charge < -0.3 is 14.6 Å². The van der Waals surface area contributed by atoms with Gasteiger partial charge in [0.05, 0.1) is 24.5 Å². The molecule has 2 aromatic rings. The van der Waals surface area contributed by atoms with E-state index in [0.29, 0.717) is 17.9 Å². The smallest absolute Gasteiger partial charge is 0.254 e. The Labute approximate surface area is 188 Å². The third kappa shape index (κ3) is 5.13. The number of carbonyl (C=O) groups excluding carboxylic acids is 1. The molecule has 0 aromatic carbocycles. The van der Waals surface area contributed by atoms with Crippen LogP contribution in [0.1, 0.15) is 59.5 Å². The van der Waals surface area contributed by atoms with Gasteiger partial charge in [-0.1, -0.05) is 24.4 Å². The number of ether oxygens (including phenoxy) is 1. The summed E-state index contributed by atoms with van der Waals surface area (Å²) in [4.78, 5) is 20.2. The number of hydrogen-bond donors (Lipinski definition) is 1. The van der Waals surface area contributed by atoms with E-state index >= 15 is 0 Å². The summed E-state index contributed by atoms with van der Waals surface area (Å²) in [5.74, 6) is 1.44. The van der Waals surface area contributed by atoms with E-state index in [2.05, 4.69) is 20.4 Å². The molecular formula is C23H32N4O3S. The molecule has 0 atom stereocenters. The molecule has 0 radical (unpaired) electrons. The van der Waals surface area contributed by atoms with E-state index in [1.807, 2.05) is 26.0 Å². The molecule has 2 fully saturated rings. The van der Waals surface area contributed by atoms with Crippen LogP contribution in [0.25, 0.3) is 0 Å². The summed E-state index contributed by atoms with van der Waals surface area (Å²) in [7, 11) is 0. The quantitative estimate of drug-likeness (QED) is 0.652. The first-order valence-corrected chi connectivity index (χ1v) is 12.2. The molecule has 1 N–H and O–H groups in total. The molecule has 2 aliphatic rings. The lowest BCUT2D eigenvalue weighted by Crippen LogP contribution is -2.59. The fourth-order valence-corrected chi connectivity index (χ4v) is 5.86. The van der Waals surface area contributed by atoms with E-state index in [0.717, 1.165) is 61.2 Å². The highest BCUT2D eigenvalue weighted by atomic mass is 32.2. The lowest BCUT2D eigenvalue weighted by atomic mass is 9.79. The predicted octanol–water partition coefficient (Wildman–Crippen LogP) is 3.74. The SMILES string of the molecule is Cc1noc(C)c1CSc1ncccc1C(=O)NCC1(N2CCOCC2)CCCCC1. The van der Waals surface area contributed by atoms with Gasteiger partial charge in [-0.15, -0.1) is 11.8 Å². The Morgan fingerprint density at radius 3 is 2.71 bits per heavy atom. The number of morpholine rings is 1. The van der Waals surface area contributed by atoms with Crippen LogP contribution < -0.4 is 5.32 Å². The van der Waals surface area contributed by atoms with Gasteiger partial charge in [-0.25, -0.2) is 4.98 Å². The number of pyridine rings is 1. The summed E-state index contributed by atoms with van der Waals surface area (Å²) in [5, 5.41) is 8.02. The van der Waals surface area contributed by atoms with Crippen LogP contribution in [0.4, 0.5) is 0 Å². The predicted molar refractivity (Wildman–Crippen MR) is 120 cm³/mol. The van der Waals surface area contributed by atoms with Gasteiger partial charge in [0.25, 0.3) is 5.91 Å². The molecule has 1 aliphatic heterocycles. The molecule has 31 heavy (non-hydrogen) atoms. The number of rotatable bonds is 7. The van der Waals surface area contributed by atoms with E-state index in [4.69, 9.17) is 9.26 Å². The number of hydrogen-bond acceptors (Lipinski definition) is 7. The fourth-order valence-electron chi connectivity index (χ4n) is 4.72. The zero-order valence-electron chi connectivity index (χ0n) is 18.5. The minimum Gasteiger partial charge on any atom is -0.379 e. The van der Waals surface area contributed by atoms with Gasteiger partial charge in [-0.2, -0.15) is 0 Å². The van der Waals surface area contributed by atoms with Crippen LogP contribution in [0, 0.1) is 13.8 Å². The van der Waals surface area contributed by atoms with Crippen molar-refractivity contribution in [3.05, 3.63) is 40.9 Å². The zero-order chi connectivity index (χ0) is 21.7. The van der Waals surface area contributed by atoms with Crippen LogP contribution in [-0.2, 0) is 10.5 Å². The first-order valence-electron chi connectivity index (χ1n) is 11.2. The lowest BCUT2D eigenvalue weighted by molar-refractivity contribution is -0.0361. The van der Waals surface area contributed by atoms with Gasteiger partial charge in [-0.3, -0.25) is 9.69 Å². The van der Waals surface area contributed by atoms with Crippen molar-refractivity contribution in [3.8, 4) is 0 Å². The number of amides is 1. The fraction of sp³-hybridized carbons (Fsp3) is 0.609. The maximum atomic E-state index is 13.2. The van der Waals surface area contributed by atoms with Crippen molar-refractivity contribution < 1.29 is 14.1 Å². The number of carbonyl (C=O) groups is 1. The van der Waals surface area contributed by atoms with Gasteiger partial charge >= 0.3 is 0 Å². The van der Waals surface area contributed by atoms with Crippen LogP contribution in [0.15, 0.2) is 27.9 Å². The van der Waals surface area contributed by atoms with Crippen LogP contribution in [0.3, 0.4) is 0 Å². The number of nitrogens with one attached hydrogen (secondary N) is 1. The molecule has 3 heterocycles. The van der Waals surface area contributed by atoms with Crippen molar-refractivity contribution in [3.63, 3.8) is 0 Å². The Kier molecular flexibility index (Phi) is 7.30. The third-order valence-electron chi connectivity index (χ3n) is 6.59. The number of aromatic nitrogens is 2. The standard InChI is InChI=1S/C23H32N4O3S/c1-17-20(18(2)30-26-17)15-31-22-19(7-6-10-24-22)21(28)25-16-23(8-4-3-5-9-23)27-11-13-29-14-12-27/h6-7,10H,3-5,8-9,11-16H2,1-2H3,(H,25,28). The Morgan fingerprint density at radius 1 is 1.23 bits per heavy atom. The van der Waals surface area contributed by atoms with Crippen LogP contribution in [0.2, 0.25) is 0 Å². The maximum Gasteiger partial charge on any atom is 0.254 e. The molecule has 2 aromatic heterocycles. The Bertz CT molecular complexity index is 869. The molecule has 1 saturated heterocycles. The molecule has 4 rings (SSSR count). The second kappa shape index (κ2) is 10.1. The van der Waals surface area contributed by atoms with Crippen molar-refractivity contribution in [1.82, 2.24) is 20.4 Å². The highest BCUT2D eigenvalue weighted by Crippen LogP contribution is 2.34. The van der Waals surface area contributed by atoms with E-state index in [1.165, 1.54) is 19.3 Å². The summed E-state index contributed by atoms with van der Waals surface area (Å²) in [5.41, 5.74) is 2.63. The van der Waals surface area contributed by atoms with Crippen molar-refractivity contribution in [2.45, 2.75) is 62.3 Å². The molecule has 8 heteroatoms. The first-order chi connectivity index (χ1) is 15.1. The molecule has 1 amide bonds. The van der Waals surface area contributed by atoms with Crippen molar-refractivity contribution in [1.29, 1.82) is 0 Å². The number of nitrogens with zero attached hydrogens (tertiary/aromatic N) is 3. The average molecular weight is 445 g/mol. The molecule has 1 aliphatic carbocycles. The van der Waals surface area contributed by atoms with Crippen molar-refractivity contribution in [2.75, 3.05) is 32.8 Å². The summed E-state index contributed by atoms with van der Waals surface area (Å²) in [6.07, 6.45) is 7.73. The van der Waals surface area contributed by atoms with Crippen molar-refractivity contribution in [2.24, 2.45) is 0 Å². The van der Waals surface area contributed by atoms with Crippen molar-refractivity contribution >= 4 is 17.7 Å². The van der Waals surface area contributed by atoms with Gasteiger partial charge in [0, 0.05) is 42.7 Å². The molecule has 1 saturated carbocycles. The molecule has 0 unspecified atom stereocenters. The van der Waals surface area contributed by atoms with Crippen LogP contribution in [0.5, 0.6) is 0 Å². The minimum atomic E-state index is -0.0485. The van der Waals surface area contributed by atoms with E-state index in [9.17, 15) is 4.79 Å². The van der Waals surface area contributed by atoms with E-state index in [1.54, 1.807) is 18.0 Å². The highest BCUT2D eigenvalue weighted by molar-refractivity contribution is 7.98. The summed E-state index contributed by atoms with van der Waals surface area (Å²) >= 11 is 1.55. The summed E-state index contributed by atoms with van der Waals surface area (Å²) in [6.45, 7) is 7.98. The monoisotopic (exact) mass is 444 g/mol. The van der Waals surface area contributed by atoms with Gasteiger partial charge in [-0.05, 0) is 38.8 Å². The minimum absolute atomic E-state index is 0.0455. The third-order valence-corrected chi connectivity index (χ3v) is 7.63. The molecule has 7 nitrogen and oxygen atoms in total. The second-order valence-electron chi connectivity index (χ2n) is 8.51. The maximum absolute atomic E-state index is 13.2. The second-order valence-corrected chi connectivity index (χ2v) is 9.48. The normalized spacial score (nSPS) is 19.3. The molecule has 0 spiro atoms. The van der Waals surface area contributed by atoms with Gasteiger partial charge in [0.2, 0.25) is 0 Å². The topological polar surface area (TPSA) is 80.5 Å². The first kappa shape index (κ1) is 22.3. The molecule has 0 bridgehead atoms. The van der Waals surface area contributed by atoms with Gasteiger partial charge in [0.15, 0.2) is 0 Å². The largest absolute Gasteiger partial charge is 0.379 e. The zero-order valence-corrected chi connectivity index (χ0v) is 19.3. The van der Waals surface area contributed by atoms with Crippen LogP contribution >= 0.6 is 11.8 Å².